The molecule has 3 aromatic carbocycles. The fourth-order valence-electron chi connectivity index (χ4n) is 6.04. The Morgan fingerprint density at radius 1 is 1.05 bits per heavy atom. The molecule has 1 saturated heterocycles. The minimum absolute atomic E-state index is 0.127. The number of fused-ring (bicyclic) bond motifs is 3. The summed E-state index contributed by atoms with van der Waals surface area (Å²) in [6, 6.07) is 21.5. The number of hydrogen-bond donors (Lipinski definition) is 2. The van der Waals surface area contributed by atoms with Crippen molar-refractivity contribution < 1.29 is 9.53 Å². The van der Waals surface area contributed by atoms with Gasteiger partial charge in [0.1, 0.15) is 0 Å². The van der Waals surface area contributed by atoms with Crippen LogP contribution in [0.5, 0.6) is 0 Å². The second-order valence-corrected chi connectivity index (χ2v) is 10.6. The number of carbonyl (C=O) groups is 1. The van der Waals surface area contributed by atoms with E-state index < -0.39 is 5.41 Å². The van der Waals surface area contributed by atoms with Crippen LogP contribution in [0.4, 0.5) is 5.69 Å². The van der Waals surface area contributed by atoms with Crippen molar-refractivity contribution >= 4 is 34.6 Å². The van der Waals surface area contributed by atoms with Crippen molar-refractivity contribution in [3.05, 3.63) is 94.2 Å². The van der Waals surface area contributed by atoms with Crippen molar-refractivity contribution in [2.75, 3.05) is 31.6 Å². The molecule has 0 unspecified atom stereocenters. The number of aromatic nitrogens is 2. The second-order valence-electron chi connectivity index (χ2n) is 10.6. The van der Waals surface area contributed by atoms with Gasteiger partial charge in [-0.15, -0.1) is 0 Å². The zero-order valence-corrected chi connectivity index (χ0v) is 21.0. The van der Waals surface area contributed by atoms with E-state index in [-0.39, 0.29) is 11.8 Å². The Kier molecular flexibility index (Phi) is 5.27. The first kappa shape index (κ1) is 22.5. The van der Waals surface area contributed by atoms with Crippen LogP contribution in [0.25, 0.3) is 23.1 Å². The molecule has 7 rings (SSSR count). The monoisotopic (exact) mass is 490 g/mol. The summed E-state index contributed by atoms with van der Waals surface area (Å²) in [6.07, 6.45) is 5.03. The number of ether oxygens (including phenoxy) is 1. The van der Waals surface area contributed by atoms with E-state index in [4.69, 9.17) is 4.74 Å². The highest BCUT2D eigenvalue weighted by molar-refractivity contribution is 6.10. The smallest absolute Gasteiger partial charge is 0.235 e. The van der Waals surface area contributed by atoms with Crippen molar-refractivity contribution in [1.82, 2.24) is 15.1 Å². The van der Waals surface area contributed by atoms with Crippen LogP contribution in [0.3, 0.4) is 0 Å². The quantitative estimate of drug-likeness (QED) is 0.401. The molecule has 6 heteroatoms. The Morgan fingerprint density at radius 3 is 2.73 bits per heavy atom. The van der Waals surface area contributed by atoms with Gasteiger partial charge in [-0.25, -0.2) is 0 Å². The number of anilines is 1. The van der Waals surface area contributed by atoms with Gasteiger partial charge in [0.05, 0.1) is 29.8 Å². The third-order valence-electron chi connectivity index (χ3n) is 8.21. The Balaban J connectivity index is 1.08. The summed E-state index contributed by atoms with van der Waals surface area (Å²) in [5.41, 5.74) is 8.45. The topological polar surface area (TPSA) is 70.2 Å². The molecule has 3 heterocycles. The van der Waals surface area contributed by atoms with Gasteiger partial charge in [-0.1, -0.05) is 60.2 Å². The summed E-state index contributed by atoms with van der Waals surface area (Å²) < 4.78 is 5.44. The predicted molar refractivity (Wildman–Crippen MR) is 146 cm³/mol. The highest BCUT2D eigenvalue weighted by atomic mass is 16.5. The number of morpholine rings is 1. The van der Waals surface area contributed by atoms with Crippen molar-refractivity contribution in [2.45, 2.75) is 31.2 Å². The maximum absolute atomic E-state index is 13.0. The summed E-state index contributed by atoms with van der Waals surface area (Å²) in [6.45, 7) is 6.69. The lowest BCUT2D eigenvalue weighted by Gasteiger charge is -2.26. The fraction of sp³-hybridized carbons (Fsp3) is 0.290. The number of hydrogen-bond acceptors (Lipinski definition) is 4. The lowest BCUT2D eigenvalue weighted by Crippen LogP contribution is -2.35. The van der Waals surface area contributed by atoms with E-state index in [1.807, 2.05) is 6.07 Å². The highest BCUT2D eigenvalue weighted by Gasteiger charge is 2.65. The van der Waals surface area contributed by atoms with E-state index in [0.717, 1.165) is 72.7 Å². The van der Waals surface area contributed by atoms with Gasteiger partial charge in [-0.05, 0) is 53.8 Å². The van der Waals surface area contributed by atoms with Crippen molar-refractivity contribution in [2.24, 2.45) is 0 Å². The lowest BCUT2D eigenvalue weighted by atomic mass is 9.91. The first-order valence-electron chi connectivity index (χ1n) is 13.1. The molecule has 2 N–H and O–H groups in total. The van der Waals surface area contributed by atoms with Crippen molar-refractivity contribution in [3.63, 3.8) is 0 Å². The van der Waals surface area contributed by atoms with Gasteiger partial charge in [0.25, 0.3) is 0 Å². The molecule has 1 saturated carbocycles. The molecule has 186 valence electrons. The zero-order valence-electron chi connectivity index (χ0n) is 21.0. The summed E-state index contributed by atoms with van der Waals surface area (Å²) in [7, 11) is 0. The van der Waals surface area contributed by atoms with Crippen molar-refractivity contribution in [3.8, 4) is 0 Å². The number of H-pyrrole nitrogens is 1. The van der Waals surface area contributed by atoms with Gasteiger partial charge in [0.15, 0.2) is 0 Å². The summed E-state index contributed by atoms with van der Waals surface area (Å²) in [5, 5.41) is 12.0. The molecule has 2 fully saturated rings. The number of aryl methyl sites for hydroxylation is 1. The van der Waals surface area contributed by atoms with E-state index >= 15 is 0 Å². The minimum atomic E-state index is -0.425. The van der Waals surface area contributed by atoms with Gasteiger partial charge in [-0.3, -0.25) is 14.8 Å². The molecule has 1 amide bonds. The number of benzene rings is 3. The molecule has 0 radical (unpaired) electrons. The third kappa shape index (κ3) is 3.88. The number of nitrogens with zero attached hydrogens (tertiary/aromatic N) is 2. The Labute approximate surface area is 216 Å². The zero-order chi connectivity index (χ0) is 25.0. The molecule has 6 nitrogen and oxygen atoms in total. The molecule has 1 aromatic heterocycles. The van der Waals surface area contributed by atoms with Crippen LogP contribution in [-0.2, 0) is 21.5 Å². The van der Waals surface area contributed by atoms with Gasteiger partial charge >= 0.3 is 0 Å². The maximum Gasteiger partial charge on any atom is 0.235 e. The van der Waals surface area contributed by atoms with E-state index in [9.17, 15) is 4.79 Å². The largest absolute Gasteiger partial charge is 0.379 e. The summed E-state index contributed by atoms with van der Waals surface area (Å²) in [5.74, 6) is 0.320. The molecule has 0 bridgehead atoms. The minimum Gasteiger partial charge on any atom is -0.379 e. The molecular weight excluding hydrogens is 460 g/mol. The maximum atomic E-state index is 13.0. The third-order valence-corrected chi connectivity index (χ3v) is 8.21. The Bertz CT molecular complexity index is 1530. The molecule has 2 atom stereocenters. The van der Waals surface area contributed by atoms with Crippen molar-refractivity contribution in [1.29, 1.82) is 0 Å². The standard InChI is InChI=1S/C31H30N4O2/c1-20-2-10-28-25(16-20)31(30(36)32-28)18-26(31)23-8-9-24-27(33-34-29(24)17-23)11-7-21-3-5-22(6-4-21)19-35-12-14-37-15-13-35/h2-11,16-17,26H,12-15,18-19H2,1H3,(H,32,36)(H,33,34)/t26-,31-/m0/s1. The van der Waals surface area contributed by atoms with Gasteiger partial charge < -0.3 is 10.1 Å². The average Bonchev–Trinajstić information content (AvgIpc) is 3.47. The van der Waals surface area contributed by atoms with Crippen LogP contribution in [0, 0.1) is 6.92 Å². The first-order chi connectivity index (χ1) is 18.1. The Morgan fingerprint density at radius 2 is 1.89 bits per heavy atom. The number of rotatable bonds is 5. The Hall–Kier alpha value is -3.74. The second kappa shape index (κ2) is 8.68. The molecule has 1 spiro atoms. The molecule has 4 aromatic rings. The van der Waals surface area contributed by atoms with Crippen LogP contribution < -0.4 is 5.32 Å². The van der Waals surface area contributed by atoms with E-state index in [1.54, 1.807) is 0 Å². The molecule has 3 aliphatic rings. The van der Waals surface area contributed by atoms with E-state index in [2.05, 4.69) is 94.1 Å². The summed E-state index contributed by atoms with van der Waals surface area (Å²) >= 11 is 0. The molecule has 1 aliphatic carbocycles. The van der Waals surface area contributed by atoms with Crippen LogP contribution >= 0.6 is 0 Å². The van der Waals surface area contributed by atoms with Gasteiger partial charge in [0.2, 0.25) is 5.91 Å². The molecular formula is C31H30N4O2. The van der Waals surface area contributed by atoms with Crippen LogP contribution in [0.15, 0.2) is 60.7 Å². The predicted octanol–water partition coefficient (Wildman–Crippen LogP) is 5.25. The molecule has 37 heavy (non-hydrogen) atoms. The lowest BCUT2D eigenvalue weighted by molar-refractivity contribution is -0.118. The van der Waals surface area contributed by atoms with E-state index in [1.165, 1.54) is 16.7 Å². The molecule has 2 aliphatic heterocycles. The SMILES string of the molecule is Cc1ccc2c(c1)[C@]1(C[C@H]1c1ccc3c(C=Cc4ccc(CN5CCOCC5)cc4)n[nH]c3c1)C(=O)N2. The van der Waals surface area contributed by atoms with Gasteiger partial charge in [-0.2, -0.15) is 5.10 Å². The van der Waals surface area contributed by atoms with Gasteiger partial charge in [0, 0.05) is 36.6 Å². The first-order valence-corrected chi connectivity index (χ1v) is 13.1. The normalized spacial score (nSPS) is 23.2. The number of amides is 1. The highest BCUT2D eigenvalue weighted by Crippen LogP contribution is 2.65. The van der Waals surface area contributed by atoms with Crippen LogP contribution in [-0.4, -0.2) is 47.3 Å². The number of aromatic amines is 1. The number of nitrogens with one attached hydrogen (secondary N) is 2. The average molecular weight is 491 g/mol. The van der Waals surface area contributed by atoms with Crippen LogP contribution in [0.1, 0.15) is 45.8 Å². The summed E-state index contributed by atoms with van der Waals surface area (Å²) in [4.78, 5) is 15.4. The van der Waals surface area contributed by atoms with E-state index in [0.29, 0.717) is 0 Å². The van der Waals surface area contributed by atoms with Crippen LogP contribution in [0.2, 0.25) is 0 Å². The fourth-order valence-corrected chi connectivity index (χ4v) is 6.04. The number of carbonyl (C=O) groups excluding carboxylic acids is 1.